The molecule has 0 aliphatic rings. The first kappa shape index (κ1) is 13.6. The van der Waals surface area contributed by atoms with E-state index in [1.807, 2.05) is 0 Å². The maximum Gasteiger partial charge on any atom is 0.358 e. The van der Waals surface area contributed by atoms with Crippen molar-refractivity contribution in [3.05, 3.63) is 33.9 Å². The topological polar surface area (TPSA) is 130 Å². The lowest BCUT2D eigenvalue weighted by Gasteiger charge is -2.15. The number of ether oxygens (including phenoxy) is 1. The zero-order valence-electron chi connectivity index (χ0n) is 8.68. The third-order valence-corrected chi connectivity index (χ3v) is 2.94. The van der Waals surface area contributed by atoms with Crippen molar-refractivity contribution in [2.75, 3.05) is 7.11 Å². The van der Waals surface area contributed by atoms with Crippen molar-refractivity contribution in [1.29, 1.82) is 0 Å². The summed E-state index contributed by atoms with van der Waals surface area (Å²) in [5.74, 6) is -2.19. The van der Waals surface area contributed by atoms with Gasteiger partial charge in [-0.3, -0.25) is 14.7 Å². The molecule has 17 heavy (non-hydrogen) atoms. The molecule has 0 aliphatic heterocycles. The molecule has 9 heteroatoms. The third-order valence-electron chi connectivity index (χ3n) is 2.02. The predicted octanol–water partition coefficient (Wildman–Crippen LogP) is 0.772. The minimum absolute atomic E-state index is 0.0357. The number of aliphatic hydroxyl groups excluding tert-OH is 1. The monoisotopic (exact) mass is 263 g/mol. The molecule has 1 aromatic carbocycles. The Morgan fingerprint density at radius 2 is 2.06 bits per heavy atom. The van der Waals surface area contributed by atoms with Crippen LogP contribution in [0, 0.1) is 10.1 Å². The molecule has 0 spiro atoms. The Morgan fingerprint density at radius 3 is 2.47 bits per heavy atom. The highest BCUT2D eigenvalue weighted by Gasteiger charge is 2.31. The number of hydrogen-bond donors (Lipinski definition) is 3. The lowest BCUT2D eigenvalue weighted by molar-refractivity contribution is -0.385. The van der Waals surface area contributed by atoms with Gasteiger partial charge in [-0.25, -0.2) is 0 Å². The number of nitro groups is 1. The number of non-ortho nitro benzene ring substituents is 1. The van der Waals surface area contributed by atoms with Crippen LogP contribution in [0.5, 0.6) is 5.75 Å². The van der Waals surface area contributed by atoms with Crippen molar-refractivity contribution in [3.63, 3.8) is 0 Å². The second kappa shape index (κ2) is 4.80. The van der Waals surface area contributed by atoms with Crippen LogP contribution in [0.25, 0.3) is 0 Å². The number of hydrogen-bond acceptors (Lipinski definition) is 5. The van der Waals surface area contributed by atoms with E-state index in [0.717, 1.165) is 18.2 Å². The zero-order chi connectivity index (χ0) is 13.2. The van der Waals surface area contributed by atoms with Crippen LogP contribution in [0.4, 0.5) is 5.69 Å². The average molecular weight is 263 g/mol. The summed E-state index contributed by atoms with van der Waals surface area (Å²) >= 11 is 0. The Bertz CT molecular complexity index is 483. The van der Waals surface area contributed by atoms with E-state index in [1.165, 1.54) is 7.11 Å². The SMILES string of the molecule is COc1ccc([N+](=O)[O-])cc1C(O)P(=O)(O)O. The van der Waals surface area contributed by atoms with Crippen molar-refractivity contribution in [2.24, 2.45) is 0 Å². The Kier molecular flexibility index (Phi) is 3.84. The fourth-order valence-corrected chi connectivity index (χ4v) is 1.78. The summed E-state index contributed by atoms with van der Waals surface area (Å²) < 4.78 is 15.7. The molecule has 8 nitrogen and oxygen atoms in total. The van der Waals surface area contributed by atoms with E-state index in [2.05, 4.69) is 0 Å². The van der Waals surface area contributed by atoms with Gasteiger partial charge in [-0.2, -0.15) is 0 Å². The van der Waals surface area contributed by atoms with Crippen molar-refractivity contribution >= 4 is 13.3 Å². The van der Waals surface area contributed by atoms with Gasteiger partial charge in [0.15, 0.2) is 5.85 Å². The molecule has 0 amide bonds. The second-order valence-electron chi connectivity index (χ2n) is 3.15. The molecule has 0 fully saturated rings. The van der Waals surface area contributed by atoms with E-state index < -0.39 is 24.1 Å². The van der Waals surface area contributed by atoms with Crippen molar-refractivity contribution < 1.29 is 29.1 Å². The first-order chi connectivity index (χ1) is 7.77. The number of rotatable bonds is 4. The number of nitro benzene ring substituents is 1. The average Bonchev–Trinajstić information content (AvgIpc) is 2.25. The van der Waals surface area contributed by atoms with Gasteiger partial charge in [-0.15, -0.1) is 0 Å². The second-order valence-corrected chi connectivity index (χ2v) is 4.81. The van der Waals surface area contributed by atoms with Gasteiger partial charge in [-0.1, -0.05) is 0 Å². The molecule has 0 saturated carbocycles. The van der Waals surface area contributed by atoms with E-state index in [1.54, 1.807) is 0 Å². The molecule has 0 saturated heterocycles. The molecule has 0 bridgehead atoms. The molecule has 1 aromatic rings. The first-order valence-electron chi connectivity index (χ1n) is 4.33. The smallest absolute Gasteiger partial charge is 0.358 e. The zero-order valence-corrected chi connectivity index (χ0v) is 9.57. The predicted molar refractivity (Wildman–Crippen MR) is 56.7 cm³/mol. The van der Waals surface area contributed by atoms with E-state index in [0.29, 0.717) is 0 Å². The van der Waals surface area contributed by atoms with Crippen molar-refractivity contribution in [3.8, 4) is 5.75 Å². The molecular formula is C8H10NO7P. The van der Waals surface area contributed by atoms with Gasteiger partial charge in [0.2, 0.25) is 0 Å². The van der Waals surface area contributed by atoms with Crippen LogP contribution in [0.2, 0.25) is 0 Å². The van der Waals surface area contributed by atoms with Gasteiger partial charge in [0.05, 0.1) is 12.0 Å². The van der Waals surface area contributed by atoms with Gasteiger partial charge in [-0.05, 0) is 6.07 Å². The normalized spacial score (nSPS) is 13.2. The Labute approximate surface area is 95.8 Å². The minimum Gasteiger partial charge on any atom is -0.496 e. The van der Waals surface area contributed by atoms with Crippen LogP contribution >= 0.6 is 7.60 Å². The maximum absolute atomic E-state index is 10.9. The number of aliphatic hydroxyl groups is 1. The maximum atomic E-state index is 10.9. The minimum atomic E-state index is -4.82. The largest absolute Gasteiger partial charge is 0.496 e. The highest BCUT2D eigenvalue weighted by molar-refractivity contribution is 7.51. The van der Waals surface area contributed by atoms with Crippen LogP contribution in [-0.4, -0.2) is 26.9 Å². The van der Waals surface area contributed by atoms with Gasteiger partial charge in [0.1, 0.15) is 5.75 Å². The first-order valence-corrected chi connectivity index (χ1v) is 6.01. The van der Waals surface area contributed by atoms with E-state index >= 15 is 0 Å². The van der Waals surface area contributed by atoms with E-state index in [9.17, 15) is 19.8 Å². The molecule has 1 atom stereocenters. The van der Waals surface area contributed by atoms with E-state index in [-0.39, 0.29) is 11.3 Å². The summed E-state index contributed by atoms with van der Waals surface area (Å²) in [7, 11) is -3.60. The highest BCUT2D eigenvalue weighted by Crippen LogP contribution is 2.52. The van der Waals surface area contributed by atoms with E-state index in [4.69, 9.17) is 14.5 Å². The number of methoxy groups -OCH3 is 1. The van der Waals surface area contributed by atoms with Crippen molar-refractivity contribution in [2.45, 2.75) is 5.85 Å². The lowest BCUT2D eigenvalue weighted by atomic mass is 10.2. The van der Waals surface area contributed by atoms with Crippen LogP contribution in [0.3, 0.4) is 0 Å². The lowest BCUT2D eigenvalue weighted by Crippen LogP contribution is -2.02. The summed E-state index contributed by atoms with van der Waals surface area (Å²) in [5, 5.41) is 19.9. The Balaban J connectivity index is 3.33. The summed E-state index contributed by atoms with van der Waals surface area (Å²) in [6, 6.07) is 3.13. The molecule has 94 valence electrons. The summed E-state index contributed by atoms with van der Waals surface area (Å²) in [5.41, 5.74) is -0.719. The molecule has 3 N–H and O–H groups in total. The van der Waals surface area contributed by atoms with Gasteiger partial charge >= 0.3 is 7.60 Å². The summed E-state index contributed by atoms with van der Waals surface area (Å²) in [6.45, 7) is 0. The Hall–Kier alpha value is -1.47. The quantitative estimate of drug-likeness (QED) is 0.415. The standard InChI is InChI=1S/C8H10NO7P/c1-16-7-3-2-5(9(11)12)4-6(7)8(10)17(13,14)15/h2-4,8,10H,1H3,(H2,13,14,15). The van der Waals surface area contributed by atoms with Crippen molar-refractivity contribution in [1.82, 2.24) is 0 Å². The van der Waals surface area contributed by atoms with Gasteiger partial charge in [0, 0.05) is 17.7 Å². The molecule has 0 heterocycles. The van der Waals surface area contributed by atoms with Gasteiger partial charge < -0.3 is 19.6 Å². The third kappa shape index (κ3) is 3.01. The highest BCUT2D eigenvalue weighted by atomic mass is 31.2. The Morgan fingerprint density at radius 1 is 1.47 bits per heavy atom. The molecule has 0 aromatic heterocycles. The van der Waals surface area contributed by atoms with Crippen LogP contribution < -0.4 is 4.74 Å². The fraction of sp³-hybridized carbons (Fsp3) is 0.250. The summed E-state index contributed by atoms with van der Waals surface area (Å²) in [4.78, 5) is 27.4. The fourth-order valence-electron chi connectivity index (χ4n) is 1.22. The molecule has 1 unspecified atom stereocenters. The molecule has 0 aliphatic carbocycles. The molecule has 1 rings (SSSR count). The van der Waals surface area contributed by atoms with Crippen LogP contribution in [-0.2, 0) is 4.57 Å². The summed E-state index contributed by atoms with van der Waals surface area (Å²) in [6.07, 6.45) is 0. The van der Waals surface area contributed by atoms with Gasteiger partial charge in [0.25, 0.3) is 5.69 Å². The molecular weight excluding hydrogens is 253 g/mol. The number of nitrogens with zero attached hydrogens (tertiary/aromatic N) is 1. The van der Waals surface area contributed by atoms with Crippen LogP contribution in [0.15, 0.2) is 18.2 Å². The van der Waals surface area contributed by atoms with Crippen LogP contribution in [0.1, 0.15) is 11.4 Å². The molecule has 0 radical (unpaired) electrons. The number of benzene rings is 1.